The smallest absolute Gasteiger partial charge is 0.265 e. The van der Waals surface area contributed by atoms with Gasteiger partial charge < -0.3 is 14.5 Å². The maximum atomic E-state index is 13.2. The molecule has 0 aliphatic rings. The average molecular weight is 506 g/mol. The van der Waals surface area contributed by atoms with Gasteiger partial charge in [-0.15, -0.1) is 0 Å². The quantitative estimate of drug-likeness (QED) is 0.275. The van der Waals surface area contributed by atoms with Crippen molar-refractivity contribution in [2.45, 2.75) is 32.8 Å². The molecule has 1 unspecified atom stereocenters. The van der Waals surface area contributed by atoms with Crippen LogP contribution in [0.4, 0.5) is 5.69 Å². The summed E-state index contributed by atoms with van der Waals surface area (Å²) in [6, 6.07) is 21.9. The fourth-order valence-electron chi connectivity index (χ4n) is 3.48. The number of halogens is 1. The molecule has 4 aromatic rings. The summed E-state index contributed by atoms with van der Waals surface area (Å²) in [5, 5.41) is 3.51. The average Bonchev–Trinajstić information content (AvgIpc) is 3.17. The number of ketones is 1. The standard InChI is InChI=1S/C27H24BrNO4/c1-16(2)18-10-14-21(15-11-18)32-17(3)27(31)29-24-22-6-4-5-7-23(22)33-26(24)25(30)19-8-12-20(28)13-9-19/h4-17H,1-3H3,(H,29,31). The van der Waals surface area contributed by atoms with Crippen molar-refractivity contribution in [3.63, 3.8) is 0 Å². The van der Waals surface area contributed by atoms with E-state index >= 15 is 0 Å². The Morgan fingerprint density at radius 3 is 2.24 bits per heavy atom. The molecule has 6 heteroatoms. The van der Waals surface area contributed by atoms with Crippen molar-refractivity contribution in [3.05, 3.63) is 94.2 Å². The van der Waals surface area contributed by atoms with Gasteiger partial charge in [0.2, 0.25) is 5.78 Å². The van der Waals surface area contributed by atoms with E-state index in [1.54, 1.807) is 37.3 Å². The largest absolute Gasteiger partial charge is 0.481 e. The van der Waals surface area contributed by atoms with Crippen LogP contribution in [-0.2, 0) is 4.79 Å². The van der Waals surface area contributed by atoms with Crippen LogP contribution in [0.1, 0.15) is 48.4 Å². The zero-order chi connectivity index (χ0) is 23.5. The predicted molar refractivity (Wildman–Crippen MR) is 133 cm³/mol. The van der Waals surface area contributed by atoms with E-state index in [2.05, 4.69) is 35.1 Å². The topological polar surface area (TPSA) is 68.5 Å². The summed E-state index contributed by atoms with van der Waals surface area (Å²) >= 11 is 3.37. The van der Waals surface area contributed by atoms with Crippen LogP contribution in [0.3, 0.4) is 0 Å². The molecule has 0 aliphatic carbocycles. The fourth-order valence-corrected chi connectivity index (χ4v) is 3.74. The lowest BCUT2D eigenvalue weighted by atomic mass is 10.0. The first-order valence-electron chi connectivity index (χ1n) is 10.7. The Morgan fingerprint density at radius 1 is 0.909 bits per heavy atom. The van der Waals surface area contributed by atoms with Gasteiger partial charge in [0.05, 0.1) is 5.69 Å². The second-order valence-corrected chi connectivity index (χ2v) is 9.03. The van der Waals surface area contributed by atoms with Crippen molar-refractivity contribution >= 4 is 44.3 Å². The van der Waals surface area contributed by atoms with Crippen molar-refractivity contribution in [3.8, 4) is 5.75 Å². The molecule has 5 nitrogen and oxygen atoms in total. The summed E-state index contributed by atoms with van der Waals surface area (Å²) in [4.78, 5) is 26.2. The van der Waals surface area contributed by atoms with Gasteiger partial charge in [0.25, 0.3) is 5.91 Å². The number of nitrogens with one attached hydrogen (secondary N) is 1. The first-order chi connectivity index (χ1) is 15.8. The van der Waals surface area contributed by atoms with Crippen molar-refractivity contribution in [1.29, 1.82) is 0 Å². The van der Waals surface area contributed by atoms with Crippen LogP contribution < -0.4 is 10.1 Å². The zero-order valence-corrected chi connectivity index (χ0v) is 20.2. The number of carbonyl (C=O) groups is 2. The van der Waals surface area contributed by atoms with Crippen molar-refractivity contribution in [2.75, 3.05) is 5.32 Å². The second kappa shape index (κ2) is 9.63. The Labute approximate surface area is 200 Å². The molecule has 1 heterocycles. The van der Waals surface area contributed by atoms with Crippen molar-refractivity contribution in [2.24, 2.45) is 0 Å². The second-order valence-electron chi connectivity index (χ2n) is 8.11. The molecule has 4 rings (SSSR count). The summed E-state index contributed by atoms with van der Waals surface area (Å²) < 4.78 is 12.6. The number of benzene rings is 3. The first kappa shape index (κ1) is 22.8. The molecule has 1 atom stereocenters. The number of hydrogen-bond donors (Lipinski definition) is 1. The van der Waals surface area contributed by atoms with Crippen LogP contribution in [0.15, 0.2) is 81.7 Å². The molecule has 0 bridgehead atoms. The van der Waals surface area contributed by atoms with E-state index in [0.717, 1.165) is 4.47 Å². The van der Waals surface area contributed by atoms with Gasteiger partial charge >= 0.3 is 0 Å². The molecular weight excluding hydrogens is 482 g/mol. The first-order valence-corrected chi connectivity index (χ1v) is 11.5. The van der Waals surface area contributed by atoms with Gasteiger partial charge in [0, 0.05) is 15.4 Å². The molecule has 0 radical (unpaired) electrons. The molecule has 1 N–H and O–H groups in total. The maximum absolute atomic E-state index is 13.2. The minimum Gasteiger partial charge on any atom is -0.481 e. The van der Waals surface area contributed by atoms with Gasteiger partial charge in [0.15, 0.2) is 11.9 Å². The van der Waals surface area contributed by atoms with E-state index in [9.17, 15) is 9.59 Å². The number of ether oxygens (including phenoxy) is 1. The predicted octanol–water partition coefficient (Wildman–Crippen LogP) is 6.96. The summed E-state index contributed by atoms with van der Waals surface area (Å²) in [7, 11) is 0. The Kier molecular flexibility index (Phi) is 6.65. The van der Waals surface area contributed by atoms with E-state index < -0.39 is 6.10 Å². The molecule has 168 valence electrons. The summed E-state index contributed by atoms with van der Waals surface area (Å²) in [6.45, 7) is 5.91. The molecule has 0 spiro atoms. The van der Waals surface area contributed by atoms with E-state index in [0.29, 0.717) is 33.9 Å². The summed E-state index contributed by atoms with van der Waals surface area (Å²) in [6.07, 6.45) is -0.779. The number of anilines is 1. The Morgan fingerprint density at radius 2 is 1.58 bits per heavy atom. The molecule has 1 amide bonds. The number of hydrogen-bond acceptors (Lipinski definition) is 4. The molecule has 0 fully saturated rings. The number of fused-ring (bicyclic) bond motifs is 1. The third kappa shape index (κ3) is 5.01. The Hall–Kier alpha value is -3.38. The summed E-state index contributed by atoms with van der Waals surface area (Å²) in [5.41, 5.74) is 2.52. The Balaban J connectivity index is 1.59. The molecule has 0 aliphatic heterocycles. The van der Waals surface area contributed by atoms with Gasteiger partial charge in [-0.1, -0.05) is 54.0 Å². The van der Waals surface area contributed by atoms with Crippen LogP contribution >= 0.6 is 15.9 Å². The van der Waals surface area contributed by atoms with E-state index in [1.807, 2.05) is 42.5 Å². The normalized spacial score (nSPS) is 12.0. The molecule has 1 aromatic heterocycles. The molecule has 3 aromatic carbocycles. The lowest BCUT2D eigenvalue weighted by Crippen LogP contribution is -2.30. The van der Waals surface area contributed by atoms with Gasteiger partial charge in [-0.05, 0) is 66.9 Å². The fraction of sp³-hybridized carbons (Fsp3) is 0.185. The van der Waals surface area contributed by atoms with Crippen molar-refractivity contribution < 1.29 is 18.7 Å². The number of carbonyl (C=O) groups excluding carboxylic acids is 2. The monoisotopic (exact) mass is 505 g/mol. The minimum atomic E-state index is -0.779. The third-order valence-corrected chi connectivity index (χ3v) is 5.91. The van der Waals surface area contributed by atoms with E-state index in [-0.39, 0.29) is 17.5 Å². The Bertz CT molecular complexity index is 1290. The van der Waals surface area contributed by atoms with Crippen LogP contribution in [0, 0.1) is 0 Å². The zero-order valence-electron chi connectivity index (χ0n) is 18.6. The highest BCUT2D eigenvalue weighted by atomic mass is 79.9. The lowest BCUT2D eigenvalue weighted by Gasteiger charge is -2.15. The highest BCUT2D eigenvalue weighted by molar-refractivity contribution is 9.10. The minimum absolute atomic E-state index is 0.0837. The van der Waals surface area contributed by atoms with Crippen LogP contribution in [-0.4, -0.2) is 17.8 Å². The number of rotatable bonds is 7. The van der Waals surface area contributed by atoms with Crippen LogP contribution in [0.2, 0.25) is 0 Å². The van der Waals surface area contributed by atoms with Crippen LogP contribution in [0.5, 0.6) is 5.75 Å². The third-order valence-electron chi connectivity index (χ3n) is 5.39. The van der Waals surface area contributed by atoms with E-state index in [4.69, 9.17) is 9.15 Å². The molecular formula is C27H24BrNO4. The van der Waals surface area contributed by atoms with Crippen molar-refractivity contribution in [1.82, 2.24) is 0 Å². The SMILES string of the molecule is CC(Oc1ccc(C(C)C)cc1)C(=O)Nc1c(C(=O)c2ccc(Br)cc2)oc2ccccc12. The maximum Gasteiger partial charge on any atom is 0.265 e. The van der Waals surface area contributed by atoms with Gasteiger partial charge in [-0.25, -0.2) is 0 Å². The van der Waals surface area contributed by atoms with Gasteiger partial charge in [0.1, 0.15) is 11.3 Å². The molecule has 33 heavy (non-hydrogen) atoms. The van der Waals surface area contributed by atoms with Gasteiger partial charge in [-0.3, -0.25) is 9.59 Å². The highest BCUT2D eigenvalue weighted by Gasteiger charge is 2.25. The number of furan rings is 1. The van der Waals surface area contributed by atoms with Crippen LogP contribution in [0.25, 0.3) is 11.0 Å². The number of para-hydroxylation sites is 1. The van der Waals surface area contributed by atoms with E-state index in [1.165, 1.54) is 5.56 Å². The lowest BCUT2D eigenvalue weighted by molar-refractivity contribution is -0.122. The highest BCUT2D eigenvalue weighted by Crippen LogP contribution is 2.33. The molecule has 0 saturated carbocycles. The molecule has 0 saturated heterocycles. The van der Waals surface area contributed by atoms with Gasteiger partial charge in [-0.2, -0.15) is 0 Å². The summed E-state index contributed by atoms with van der Waals surface area (Å²) in [5.74, 6) is 0.410. The number of amides is 1.